The lowest BCUT2D eigenvalue weighted by Crippen LogP contribution is -2.22. The van der Waals surface area contributed by atoms with Gasteiger partial charge in [-0.1, -0.05) is 25.5 Å². The Hall–Kier alpha value is -1.02. The highest BCUT2D eigenvalue weighted by molar-refractivity contribution is 5.43. The maximum absolute atomic E-state index is 6.04. The Balaban J connectivity index is 2.03. The largest absolute Gasteiger partial charge is 0.493 e. The third-order valence-electron chi connectivity index (χ3n) is 4.23. The molecule has 2 nitrogen and oxygen atoms in total. The Morgan fingerprint density at radius 2 is 1.89 bits per heavy atom. The molecule has 2 N–H and O–H groups in total. The van der Waals surface area contributed by atoms with E-state index in [1.54, 1.807) is 0 Å². The van der Waals surface area contributed by atoms with Gasteiger partial charge in [-0.2, -0.15) is 0 Å². The molecule has 1 aromatic rings. The van der Waals surface area contributed by atoms with Crippen molar-refractivity contribution < 1.29 is 4.74 Å². The molecule has 0 amide bonds. The number of hydrogen-bond acceptors (Lipinski definition) is 2. The standard InChI is InChI=1S/C17H27NO/c1-4-16(18)10-15-8-12(2)17(13(3)9-15)19-11-14-6-5-7-14/h8-9,14,16H,4-7,10-11,18H2,1-3H3. The van der Waals surface area contributed by atoms with Crippen LogP contribution in [-0.2, 0) is 6.42 Å². The summed E-state index contributed by atoms with van der Waals surface area (Å²) in [6.45, 7) is 7.31. The lowest BCUT2D eigenvalue weighted by atomic mass is 9.86. The first-order valence-corrected chi connectivity index (χ1v) is 7.58. The minimum absolute atomic E-state index is 0.264. The fourth-order valence-electron chi connectivity index (χ4n) is 2.69. The molecule has 1 saturated carbocycles. The van der Waals surface area contributed by atoms with Gasteiger partial charge in [0.25, 0.3) is 0 Å². The smallest absolute Gasteiger partial charge is 0.125 e. The van der Waals surface area contributed by atoms with E-state index in [4.69, 9.17) is 10.5 Å². The Labute approximate surface area is 117 Å². The summed E-state index contributed by atoms with van der Waals surface area (Å²) in [5.74, 6) is 1.87. The first kappa shape index (κ1) is 14.4. The first-order valence-electron chi connectivity index (χ1n) is 7.58. The van der Waals surface area contributed by atoms with Crippen LogP contribution < -0.4 is 10.5 Å². The fourth-order valence-corrected chi connectivity index (χ4v) is 2.69. The molecule has 0 bridgehead atoms. The number of rotatable bonds is 6. The zero-order valence-corrected chi connectivity index (χ0v) is 12.5. The van der Waals surface area contributed by atoms with Crippen LogP contribution in [0, 0.1) is 19.8 Å². The second-order valence-electron chi connectivity index (χ2n) is 6.04. The minimum Gasteiger partial charge on any atom is -0.493 e. The van der Waals surface area contributed by atoms with Crippen molar-refractivity contribution in [3.63, 3.8) is 0 Å². The quantitative estimate of drug-likeness (QED) is 0.846. The maximum Gasteiger partial charge on any atom is 0.125 e. The highest BCUT2D eigenvalue weighted by atomic mass is 16.5. The molecule has 0 aromatic heterocycles. The monoisotopic (exact) mass is 261 g/mol. The molecule has 106 valence electrons. The van der Waals surface area contributed by atoms with Crippen molar-refractivity contribution >= 4 is 0 Å². The van der Waals surface area contributed by atoms with Crippen LogP contribution in [-0.4, -0.2) is 12.6 Å². The summed E-state index contributed by atoms with van der Waals surface area (Å²) in [4.78, 5) is 0. The van der Waals surface area contributed by atoms with Crippen LogP contribution >= 0.6 is 0 Å². The van der Waals surface area contributed by atoms with E-state index in [9.17, 15) is 0 Å². The van der Waals surface area contributed by atoms with Crippen molar-refractivity contribution in [1.29, 1.82) is 0 Å². The molecule has 1 aliphatic rings. The highest BCUT2D eigenvalue weighted by Crippen LogP contribution is 2.30. The SMILES string of the molecule is CCC(N)Cc1cc(C)c(OCC2CCC2)c(C)c1. The van der Waals surface area contributed by atoms with Gasteiger partial charge in [-0.3, -0.25) is 0 Å². The number of nitrogens with two attached hydrogens (primary N) is 1. The van der Waals surface area contributed by atoms with E-state index in [-0.39, 0.29) is 6.04 Å². The van der Waals surface area contributed by atoms with Crippen LogP contribution in [0.15, 0.2) is 12.1 Å². The molecule has 0 spiro atoms. The molecular weight excluding hydrogens is 234 g/mol. The van der Waals surface area contributed by atoms with Crippen LogP contribution in [0.5, 0.6) is 5.75 Å². The molecule has 0 aliphatic heterocycles. The molecule has 0 radical (unpaired) electrons. The predicted octanol–water partition coefficient (Wildman–Crippen LogP) is 3.76. The molecule has 0 saturated heterocycles. The van der Waals surface area contributed by atoms with Gasteiger partial charge < -0.3 is 10.5 Å². The second-order valence-corrected chi connectivity index (χ2v) is 6.04. The van der Waals surface area contributed by atoms with Gasteiger partial charge in [0.2, 0.25) is 0 Å². The Morgan fingerprint density at radius 1 is 1.26 bits per heavy atom. The summed E-state index contributed by atoms with van der Waals surface area (Å²) in [7, 11) is 0. The van der Waals surface area contributed by atoms with Gasteiger partial charge in [0.15, 0.2) is 0 Å². The van der Waals surface area contributed by atoms with Gasteiger partial charge in [0.05, 0.1) is 6.61 Å². The summed E-state index contributed by atoms with van der Waals surface area (Å²) in [5.41, 5.74) is 9.87. The van der Waals surface area contributed by atoms with E-state index >= 15 is 0 Å². The number of ether oxygens (including phenoxy) is 1. The Morgan fingerprint density at radius 3 is 2.37 bits per heavy atom. The van der Waals surface area contributed by atoms with Crippen molar-refractivity contribution in [3.05, 3.63) is 28.8 Å². The third-order valence-corrected chi connectivity index (χ3v) is 4.23. The van der Waals surface area contributed by atoms with Gasteiger partial charge in [0, 0.05) is 6.04 Å². The normalized spacial score (nSPS) is 17.1. The van der Waals surface area contributed by atoms with E-state index in [0.717, 1.165) is 31.1 Å². The molecule has 1 unspecified atom stereocenters. The van der Waals surface area contributed by atoms with Gasteiger partial charge in [-0.25, -0.2) is 0 Å². The molecule has 0 heterocycles. The van der Waals surface area contributed by atoms with Gasteiger partial charge in [-0.15, -0.1) is 0 Å². The highest BCUT2D eigenvalue weighted by Gasteiger charge is 2.19. The van der Waals surface area contributed by atoms with Gasteiger partial charge in [0.1, 0.15) is 5.75 Å². The van der Waals surface area contributed by atoms with Crippen molar-refractivity contribution in [2.24, 2.45) is 11.7 Å². The summed E-state index contributed by atoms with van der Waals surface area (Å²) in [6, 6.07) is 4.73. The molecule has 1 fully saturated rings. The van der Waals surface area contributed by atoms with Crippen molar-refractivity contribution in [2.45, 2.75) is 58.9 Å². The van der Waals surface area contributed by atoms with Gasteiger partial charge >= 0.3 is 0 Å². The lowest BCUT2D eigenvalue weighted by molar-refractivity contribution is 0.179. The molecule has 1 atom stereocenters. The van der Waals surface area contributed by atoms with E-state index in [1.807, 2.05) is 0 Å². The van der Waals surface area contributed by atoms with E-state index in [1.165, 1.54) is 36.0 Å². The first-order chi connectivity index (χ1) is 9.10. The summed E-state index contributed by atoms with van der Waals surface area (Å²) < 4.78 is 6.03. The summed E-state index contributed by atoms with van der Waals surface area (Å²) in [6.07, 6.45) is 6.03. The zero-order valence-electron chi connectivity index (χ0n) is 12.5. The number of benzene rings is 1. The van der Waals surface area contributed by atoms with Crippen molar-refractivity contribution in [3.8, 4) is 5.75 Å². The molecular formula is C17H27NO. The molecule has 19 heavy (non-hydrogen) atoms. The lowest BCUT2D eigenvalue weighted by Gasteiger charge is -2.26. The average molecular weight is 261 g/mol. The third kappa shape index (κ3) is 3.73. The van der Waals surface area contributed by atoms with Gasteiger partial charge in [-0.05, 0) is 62.1 Å². The summed E-state index contributed by atoms with van der Waals surface area (Å²) in [5, 5.41) is 0. The maximum atomic E-state index is 6.04. The van der Waals surface area contributed by atoms with Crippen molar-refractivity contribution in [1.82, 2.24) is 0 Å². The van der Waals surface area contributed by atoms with E-state index < -0.39 is 0 Å². The predicted molar refractivity (Wildman–Crippen MR) is 80.7 cm³/mol. The number of aryl methyl sites for hydroxylation is 2. The Kier molecular flexibility index (Phi) is 4.87. The Bertz CT molecular complexity index is 400. The van der Waals surface area contributed by atoms with Crippen LogP contribution in [0.1, 0.15) is 49.3 Å². The van der Waals surface area contributed by atoms with Crippen LogP contribution in [0.25, 0.3) is 0 Å². The fraction of sp³-hybridized carbons (Fsp3) is 0.647. The average Bonchev–Trinajstić information content (AvgIpc) is 2.30. The van der Waals surface area contributed by atoms with E-state index in [0.29, 0.717) is 0 Å². The summed E-state index contributed by atoms with van der Waals surface area (Å²) >= 11 is 0. The molecule has 1 aromatic carbocycles. The van der Waals surface area contributed by atoms with Crippen molar-refractivity contribution in [2.75, 3.05) is 6.61 Å². The van der Waals surface area contributed by atoms with Crippen LogP contribution in [0.2, 0.25) is 0 Å². The molecule has 2 rings (SSSR count). The topological polar surface area (TPSA) is 35.2 Å². The molecule has 1 aliphatic carbocycles. The van der Waals surface area contributed by atoms with Crippen LogP contribution in [0.3, 0.4) is 0 Å². The molecule has 2 heteroatoms. The minimum atomic E-state index is 0.264. The number of hydrogen-bond donors (Lipinski definition) is 1. The second kappa shape index (κ2) is 6.42. The van der Waals surface area contributed by atoms with E-state index in [2.05, 4.69) is 32.9 Å². The van der Waals surface area contributed by atoms with Crippen LogP contribution in [0.4, 0.5) is 0 Å². The zero-order chi connectivity index (χ0) is 13.8.